The van der Waals surface area contributed by atoms with E-state index in [1.807, 2.05) is 30.3 Å². The first kappa shape index (κ1) is 22.7. The van der Waals surface area contributed by atoms with Gasteiger partial charge in [0, 0.05) is 18.8 Å². The Balaban J connectivity index is 1.44. The lowest BCUT2D eigenvalue weighted by molar-refractivity contribution is -0.115. The highest BCUT2D eigenvalue weighted by Gasteiger charge is 2.27. The van der Waals surface area contributed by atoms with E-state index >= 15 is 0 Å². The lowest BCUT2D eigenvalue weighted by Crippen LogP contribution is -2.27. The van der Waals surface area contributed by atoms with Gasteiger partial charge in [-0.25, -0.2) is 8.42 Å². The van der Waals surface area contributed by atoms with E-state index in [4.69, 9.17) is 0 Å². The predicted molar refractivity (Wildman–Crippen MR) is 128 cm³/mol. The van der Waals surface area contributed by atoms with E-state index < -0.39 is 15.9 Å². The maximum absolute atomic E-state index is 12.9. The van der Waals surface area contributed by atoms with Gasteiger partial charge in [0.2, 0.25) is 15.9 Å². The molecule has 0 aliphatic carbocycles. The fraction of sp³-hybridized carbons (Fsp3) is 0.200. The fourth-order valence-corrected chi connectivity index (χ4v) is 5.27. The molecule has 3 aromatic carbocycles. The highest BCUT2D eigenvalue weighted by molar-refractivity contribution is 7.89. The number of nitrogens with zero attached hydrogens (tertiary/aromatic N) is 1. The molecule has 170 valence electrons. The molecule has 33 heavy (non-hydrogen) atoms. The molecule has 1 aliphatic rings. The SMILES string of the molecule is O=C(Cc1ccccc1)Nc1ccccc1C(=O)Nc1ccc(S(=O)(=O)N2CCCC2)cc1. The number of nitrogens with one attached hydrogen (secondary N) is 2. The van der Waals surface area contributed by atoms with Gasteiger partial charge >= 0.3 is 0 Å². The van der Waals surface area contributed by atoms with Gasteiger partial charge in [0.25, 0.3) is 5.91 Å². The van der Waals surface area contributed by atoms with Crippen LogP contribution in [-0.2, 0) is 21.2 Å². The van der Waals surface area contributed by atoms with E-state index in [-0.39, 0.29) is 17.2 Å². The molecule has 2 N–H and O–H groups in total. The molecule has 4 rings (SSSR count). The van der Waals surface area contributed by atoms with Crippen LogP contribution in [-0.4, -0.2) is 37.6 Å². The molecule has 7 nitrogen and oxygen atoms in total. The van der Waals surface area contributed by atoms with Crippen molar-refractivity contribution in [3.05, 3.63) is 90.0 Å². The summed E-state index contributed by atoms with van der Waals surface area (Å²) in [6.45, 7) is 1.07. The quantitative estimate of drug-likeness (QED) is 0.555. The Morgan fingerprint density at radius 3 is 2.12 bits per heavy atom. The van der Waals surface area contributed by atoms with Crippen molar-refractivity contribution >= 4 is 33.2 Å². The fourth-order valence-electron chi connectivity index (χ4n) is 3.75. The summed E-state index contributed by atoms with van der Waals surface area (Å²) in [6, 6.07) is 22.2. The average Bonchev–Trinajstić information content (AvgIpc) is 3.36. The highest BCUT2D eigenvalue weighted by Crippen LogP contribution is 2.23. The van der Waals surface area contributed by atoms with Gasteiger partial charge in [-0.3, -0.25) is 9.59 Å². The van der Waals surface area contributed by atoms with E-state index in [1.165, 1.54) is 16.4 Å². The van der Waals surface area contributed by atoms with E-state index in [0.717, 1.165) is 18.4 Å². The Morgan fingerprint density at radius 2 is 1.42 bits per heavy atom. The van der Waals surface area contributed by atoms with Gasteiger partial charge in [0.05, 0.1) is 22.6 Å². The van der Waals surface area contributed by atoms with E-state index in [1.54, 1.807) is 36.4 Å². The van der Waals surface area contributed by atoms with Crippen molar-refractivity contribution in [2.75, 3.05) is 23.7 Å². The minimum Gasteiger partial charge on any atom is -0.325 e. The third-order valence-electron chi connectivity index (χ3n) is 5.47. The summed E-state index contributed by atoms with van der Waals surface area (Å²) in [5.74, 6) is -0.626. The van der Waals surface area contributed by atoms with Gasteiger partial charge in [0.15, 0.2) is 0 Å². The summed E-state index contributed by atoms with van der Waals surface area (Å²) < 4.78 is 26.8. The monoisotopic (exact) mass is 463 g/mol. The van der Waals surface area contributed by atoms with Crippen LogP contribution in [0.2, 0.25) is 0 Å². The normalized spacial score (nSPS) is 14.1. The van der Waals surface area contributed by atoms with E-state index in [9.17, 15) is 18.0 Å². The molecule has 3 aromatic rings. The molecule has 1 aliphatic heterocycles. The average molecular weight is 464 g/mol. The Bertz CT molecular complexity index is 1240. The molecule has 8 heteroatoms. The lowest BCUT2D eigenvalue weighted by atomic mass is 10.1. The zero-order valence-corrected chi connectivity index (χ0v) is 18.8. The molecule has 0 bridgehead atoms. The number of hydrogen-bond acceptors (Lipinski definition) is 4. The minimum absolute atomic E-state index is 0.198. The van der Waals surface area contributed by atoms with Crippen LogP contribution in [0.5, 0.6) is 0 Å². The summed E-state index contributed by atoms with van der Waals surface area (Å²) in [5, 5.41) is 5.57. The van der Waals surface area contributed by atoms with Crippen molar-refractivity contribution in [3.8, 4) is 0 Å². The Morgan fingerprint density at radius 1 is 0.788 bits per heavy atom. The van der Waals surface area contributed by atoms with Gasteiger partial charge in [-0.05, 0) is 54.8 Å². The molecule has 1 heterocycles. The number of hydrogen-bond donors (Lipinski definition) is 2. The molecule has 0 saturated carbocycles. The van der Waals surface area contributed by atoms with Crippen molar-refractivity contribution in [3.63, 3.8) is 0 Å². The van der Waals surface area contributed by atoms with Crippen molar-refractivity contribution in [2.45, 2.75) is 24.2 Å². The molecule has 0 radical (unpaired) electrons. The summed E-state index contributed by atoms with van der Waals surface area (Å²) in [6.07, 6.45) is 1.94. The zero-order valence-electron chi connectivity index (χ0n) is 18.0. The molecule has 0 spiro atoms. The second kappa shape index (κ2) is 9.97. The predicted octanol–water partition coefficient (Wildman–Crippen LogP) is 3.90. The summed E-state index contributed by atoms with van der Waals surface area (Å²) in [4.78, 5) is 25.5. The first-order chi connectivity index (χ1) is 15.9. The van der Waals surface area contributed by atoms with Gasteiger partial charge in [0.1, 0.15) is 0 Å². The standard InChI is InChI=1S/C25H25N3O4S/c29-24(18-19-8-2-1-3-9-19)27-23-11-5-4-10-22(23)25(30)26-20-12-14-21(15-13-20)33(31,32)28-16-6-7-17-28/h1-5,8-15H,6-7,16-18H2,(H,26,30)(H,27,29). The number of benzene rings is 3. The van der Waals surface area contributed by atoms with Gasteiger partial charge in [-0.2, -0.15) is 4.31 Å². The van der Waals surface area contributed by atoms with Crippen LogP contribution < -0.4 is 10.6 Å². The van der Waals surface area contributed by atoms with Crippen LogP contribution in [0.4, 0.5) is 11.4 Å². The molecule has 0 aromatic heterocycles. The van der Waals surface area contributed by atoms with E-state index in [2.05, 4.69) is 10.6 Å². The highest BCUT2D eigenvalue weighted by atomic mass is 32.2. The number of carbonyl (C=O) groups excluding carboxylic acids is 2. The van der Waals surface area contributed by atoms with Crippen LogP contribution in [0.25, 0.3) is 0 Å². The first-order valence-corrected chi connectivity index (χ1v) is 12.2. The van der Waals surface area contributed by atoms with Crippen molar-refractivity contribution < 1.29 is 18.0 Å². The Hall–Kier alpha value is -3.49. The Labute approximate surface area is 193 Å². The van der Waals surface area contributed by atoms with Crippen LogP contribution in [0.15, 0.2) is 83.8 Å². The molecular formula is C25H25N3O4S. The molecule has 2 amide bonds. The van der Waals surface area contributed by atoms with Gasteiger partial charge in [-0.15, -0.1) is 0 Å². The van der Waals surface area contributed by atoms with Crippen LogP contribution in [0.3, 0.4) is 0 Å². The number of sulfonamides is 1. The molecule has 0 atom stereocenters. The van der Waals surface area contributed by atoms with Crippen LogP contribution in [0, 0.1) is 0 Å². The number of para-hydroxylation sites is 1. The maximum atomic E-state index is 12.9. The van der Waals surface area contributed by atoms with Crippen LogP contribution in [0.1, 0.15) is 28.8 Å². The largest absolute Gasteiger partial charge is 0.325 e. The number of amides is 2. The third kappa shape index (κ3) is 5.47. The molecule has 1 fully saturated rings. The topological polar surface area (TPSA) is 95.6 Å². The number of anilines is 2. The third-order valence-corrected chi connectivity index (χ3v) is 7.38. The van der Waals surface area contributed by atoms with Crippen molar-refractivity contribution in [2.24, 2.45) is 0 Å². The van der Waals surface area contributed by atoms with Crippen molar-refractivity contribution in [1.82, 2.24) is 4.31 Å². The van der Waals surface area contributed by atoms with Crippen molar-refractivity contribution in [1.29, 1.82) is 0 Å². The zero-order chi connectivity index (χ0) is 23.3. The maximum Gasteiger partial charge on any atom is 0.257 e. The molecule has 1 saturated heterocycles. The summed E-state index contributed by atoms with van der Waals surface area (Å²) in [5.41, 5.74) is 2.06. The van der Waals surface area contributed by atoms with Gasteiger partial charge in [-0.1, -0.05) is 42.5 Å². The smallest absolute Gasteiger partial charge is 0.257 e. The van der Waals surface area contributed by atoms with Crippen LogP contribution >= 0.6 is 0 Å². The summed E-state index contributed by atoms with van der Waals surface area (Å²) >= 11 is 0. The second-order valence-corrected chi connectivity index (χ2v) is 9.78. The lowest BCUT2D eigenvalue weighted by Gasteiger charge is -2.16. The minimum atomic E-state index is -3.51. The first-order valence-electron chi connectivity index (χ1n) is 10.8. The summed E-state index contributed by atoms with van der Waals surface area (Å²) in [7, 11) is -3.51. The molecular weight excluding hydrogens is 438 g/mol. The van der Waals surface area contributed by atoms with E-state index in [0.29, 0.717) is 30.0 Å². The van der Waals surface area contributed by atoms with Gasteiger partial charge < -0.3 is 10.6 Å². The Kier molecular flexibility index (Phi) is 6.86. The molecule has 0 unspecified atom stereocenters. The second-order valence-electron chi connectivity index (χ2n) is 7.85. The number of carbonyl (C=O) groups is 2. The number of rotatable bonds is 7.